The van der Waals surface area contributed by atoms with E-state index in [9.17, 15) is 9.90 Å². The third kappa shape index (κ3) is 4.94. The summed E-state index contributed by atoms with van der Waals surface area (Å²) in [5, 5.41) is 17.7. The molecule has 1 saturated heterocycles. The molecule has 2 aromatic rings. The molecule has 2 aromatic carbocycles. The van der Waals surface area contributed by atoms with Gasteiger partial charge in [0.05, 0.1) is 0 Å². The predicted octanol–water partition coefficient (Wildman–Crippen LogP) is 3.66. The van der Waals surface area contributed by atoms with Gasteiger partial charge in [-0.3, -0.25) is 0 Å². The minimum Gasteiger partial charge on any atom is -0.508 e. The lowest BCUT2D eigenvalue weighted by Crippen LogP contribution is -2.43. The number of piperidine rings is 1. The number of primary amides is 1. The van der Waals surface area contributed by atoms with E-state index in [2.05, 4.69) is 15.8 Å². The van der Waals surface area contributed by atoms with Crippen LogP contribution >= 0.6 is 24.2 Å². The van der Waals surface area contributed by atoms with Gasteiger partial charge in [0.15, 0.2) is 0 Å². The van der Waals surface area contributed by atoms with Crippen molar-refractivity contribution in [3.05, 3.63) is 64.7 Å². The van der Waals surface area contributed by atoms with Gasteiger partial charge in [-0.25, -0.2) is 10.2 Å². The van der Waals surface area contributed by atoms with Crippen molar-refractivity contribution in [1.82, 2.24) is 10.7 Å². The molecule has 1 radical (unpaired) electrons. The number of rotatable bonds is 4. The number of hydrogen-bond acceptors (Lipinski definition) is 4. The highest BCUT2D eigenvalue weighted by Gasteiger charge is 2.36. The number of carbonyl (C=O) groups excluding carboxylic acids is 1. The Hall–Kier alpha value is -2.22. The average Bonchev–Trinajstić information content (AvgIpc) is 2.64. The molecular formula is C19H20ClN4O2S. The van der Waals surface area contributed by atoms with Crippen molar-refractivity contribution in [3.63, 3.8) is 0 Å². The highest BCUT2D eigenvalue weighted by atomic mass is 35.5. The largest absolute Gasteiger partial charge is 0.508 e. The van der Waals surface area contributed by atoms with Crippen molar-refractivity contribution in [1.29, 1.82) is 0 Å². The van der Waals surface area contributed by atoms with Gasteiger partial charge in [-0.1, -0.05) is 48.5 Å². The van der Waals surface area contributed by atoms with Gasteiger partial charge in [0.2, 0.25) is 0 Å². The summed E-state index contributed by atoms with van der Waals surface area (Å²) >= 11 is 11.7. The van der Waals surface area contributed by atoms with Crippen molar-refractivity contribution in [2.24, 2.45) is 16.8 Å². The Bertz CT molecular complexity index is 813. The van der Waals surface area contributed by atoms with Crippen LogP contribution in [0.2, 0.25) is 5.02 Å². The fourth-order valence-corrected chi connectivity index (χ4v) is 3.84. The Morgan fingerprint density at radius 2 is 1.85 bits per heavy atom. The van der Waals surface area contributed by atoms with E-state index in [4.69, 9.17) is 30.0 Å². The van der Waals surface area contributed by atoms with E-state index in [-0.39, 0.29) is 29.0 Å². The number of urea groups is 1. The molecule has 27 heavy (non-hydrogen) atoms. The second-order valence-electron chi connectivity index (χ2n) is 6.45. The number of halogens is 1. The number of phenols is 1. The predicted molar refractivity (Wildman–Crippen MR) is 109 cm³/mol. The van der Waals surface area contributed by atoms with Crippen molar-refractivity contribution >= 4 is 36.5 Å². The number of hydrazone groups is 1. The molecular weight excluding hydrogens is 384 g/mol. The van der Waals surface area contributed by atoms with Gasteiger partial charge in [0.25, 0.3) is 0 Å². The molecule has 0 bridgehead atoms. The third-order valence-corrected chi connectivity index (χ3v) is 5.37. The molecule has 141 valence electrons. The summed E-state index contributed by atoms with van der Waals surface area (Å²) in [4.78, 5) is 10.9. The smallest absolute Gasteiger partial charge is 0.332 e. The van der Waals surface area contributed by atoms with Crippen LogP contribution in [0.15, 0.2) is 53.6 Å². The molecule has 0 aromatic heterocycles. The maximum absolute atomic E-state index is 10.9. The first-order chi connectivity index (χ1) is 12.9. The zero-order valence-corrected chi connectivity index (χ0v) is 16.0. The average molecular weight is 404 g/mol. The summed E-state index contributed by atoms with van der Waals surface area (Å²) < 4.78 is 0. The molecule has 1 aliphatic heterocycles. The van der Waals surface area contributed by atoms with Gasteiger partial charge in [0.1, 0.15) is 5.75 Å². The van der Waals surface area contributed by atoms with E-state index in [1.165, 1.54) is 0 Å². The summed E-state index contributed by atoms with van der Waals surface area (Å²) in [6.07, 6.45) is 2.35. The molecule has 1 fully saturated rings. The molecule has 8 heteroatoms. The van der Waals surface area contributed by atoms with Gasteiger partial charge >= 0.3 is 6.03 Å². The molecule has 4 unspecified atom stereocenters. The van der Waals surface area contributed by atoms with Gasteiger partial charge in [-0.15, -0.1) is 0 Å². The van der Waals surface area contributed by atoms with E-state index in [1.807, 2.05) is 36.4 Å². The maximum Gasteiger partial charge on any atom is 0.332 e. The van der Waals surface area contributed by atoms with E-state index in [1.54, 1.807) is 18.3 Å². The Labute approximate surface area is 168 Å². The van der Waals surface area contributed by atoms with Crippen LogP contribution in [-0.4, -0.2) is 22.6 Å². The molecule has 0 saturated carbocycles. The fraction of sp³-hybridized carbons (Fsp3) is 0.263. The number of aromatic hydroxyl groups is 1. The van der Waals surface area contributed by atoms with Crippen LogP contribution in [0.5, 0.6) is 5.75 Å². The van der Waals surface area contributed by atoms with E-state index in [0.717, 1.165) is 17.5 Å². The standard InChI is InChI=1S/C19H20ClN4O2S/c20-13-5-1-11(2-6-13)16-9-17(27)15(10-22-24-19(21)26)18(23-16)12-3-7-14(25)8-4-12/h1-8,10,15-18,23,25H,9H2,(H3,21,24,26)/b22-10+. The fourth-order valence-electron chi connectivity index (χ4n) is 3.30. The molecule has 0 aliphatic carbocycles. The molecule has 3 rings (SSSR count). The summed E-state index contributed by atoms with van der Waals surface area (Å²) in [5.74, 6) is 0.0549. The zero-order chi connectivity index (χ0) is 19.4. The van der Waals surface area contributed by atoms with Crippen LogP contribution in [0.4, 0.5) is 4.79 Å². The van der Waals surface area contributed by atoms with Gasteiger partial charge in [0, 0.05) is 34.5 Å². The minimum absolute atomic E-state index is 0.0531. The summed E-state index contributed by atoms with van der Waals surface area (Å²) in [6, 6.07) is 13.8. The van der Waals surface area contributed by atoms with Crippen LogP contribution in [-0.2, 0) is 0 Å². The number of carbonyl (C=O) groups is 1. The first-order valence-corrected chi connectivity index (χ1v) is 9.34. The monoisotopic (exact) mass is 403 g/mol. The minimum atomic E-state index is -0.726. The maximum atomic E-state index is 10.9. The van der Waals surface area contributed by atoms with Crippen LogP contribution in [0, 0.1) is 5.92 Å². The molecule has 2 amide bonds. The van der Waals surface area contributed by atoms with Crippen LogP contribution in [0.25, 0.3) is 0 Å². The van der Waals surface area contributed by atoms with Gasteiger partial charge in [-0.05, 0) is 41.8 Å². The van der Waals surface area contributed by atoms with Crippen molar-refractivity contribution in [2.45, 2.75) is 23.8 Å². The van der Waals surface area contributed by atoms with Gasteiger partial charge < -0.3 is 16.2 Å². The third-order valence-electron chi connectivity index (χ3n) is 4.61. The topological polar surface area (TPSA) is 99.7 Å². The molecule has 6 nitrogen and oxygen atoms in total. The number of benzene rings is 2. The second kappa shape index (κ2) is 8.65. The number of hydrogen-bond donors (Lipinski definition) is 4. The Kier molecular flexibility index (Phi) is 6.26. The quantitative estimate of drug-likeness (QED) is 0.463. The first kappa shape index (κ1) is 19.5. The van der Waals surface area contributed by atoms with Gasteiger partial charge in [-0.2, -0.15) is 5.10 Å². The summed E-state index contributed by atoms with van der Waals surface area (Å²) in [7, 11) is 0. The highest BCUT2D eigenvalue weighted by molar-refractivity contribution is 7.81. The number of nitrogens with one attached hydrogen (secondary N) is 2. The molecule has 1 heterocycles. The van der Waals surface area contributed by atoms with Crippen molar-refractivity contribution in [3.8, 4) is 5.75 Å². The lowest BCUT2D eigenvalue weighted by Gasteiger charge is -2.39. The van der Waals surface area contributed by atoms with Crippen LogP contribution in [0.3, 0.4) is 0 Å². The van der Waals surface area contributed by atoms with Crippen LogP contribution < -0.4 is 16.5 Å². The summed E-state index contributed by atoms with van der Waals surface area (Å²) in [6.45, 7) is 0. The molecule has 0 spiro atoms. The Morgan fingerprint density at radius 1 is 1.22 bits per heavy atom. The lowest BCUT2D eigenvalue weighted by molar-refractivity contribution is 0.249. The van der Waals surface area contributed by atoms with E-state index >= 15 is 0 Å². The van der Waals surface area contributed by atoms with Crippen LogP contribution in [0.1, 0.15) is 29.6 Å². The highest BCUT2D eigenvalue weighted by Crippen LogP contribution is 2.39. The van der Waals surface area contributed by atoms with Crippen molar-refractivity contribution < 1.29 is 9.90 Å². The molecule has 4 atom stereocenters. The second-order valence-corrected chi connectivity index (χ2v) is 7.49. The Morgan fingerprint density at radius 3 is 2.48 bits per heavy atom. The normalized spacial score (nSPS) is 25.4. The lowest BCUT2D eigenvalue weighted by atomic mass is 9.82. The molecule has 5 N–H and O–H groups in total. The van der Waals surface area contributed by atoms with E-state index < -0.39 is 6.03 Å². The first-order valence-electron chi connectivity index (χ1n) is 8.49. The number of phenolic OH excluding ortho intramolecular Hbond substituents is 1. The molecule has 1 aliphatic rings. The van der Waals surface area contributed by atoms with Crippen molar-refractivity contribution in [2.75, 3.05) is 0 Å². The number of amides is 2. The summed E-state index contributed by atoms with van der Waals surface area (Å²) in [5.41, 5.74) is 9.36. The SMILES string of the molecule is NC(=O)N/N=C/C1C([S])CC(c2ccc(Cl)cc2)NC1c1ccc(O)cc1. The zero-order valence-electron chi connectivity index (χ0n) is 14.4. The van der Waals surface area contributed by atoms with E-state index in [0.29, 0.717) is 5.02 Å². The number of nitrogens with two attached hydrogens (primary N) is 1. The Balaban J connectivity index is 1.89. The number of nitrogens with zero attached hydrogens (tertiary/aromatic N) is 1.